The molecular formula is C19H9Cl5N2O3S2. The lowest BCUT2D eigenvalue weighted by molar-refractivity contribution is 0.481. The molecule has 0 aliphatic heterocycles. The zero-order valence-electron chi connectivity index (χ0n) is 15.0. The van der Waals surface area contributed by atoms with E-state index in [0.29, 0.717) is 15.6 Å². The lowest BCUT2D eigenvalue weighted by Gasteiger charge is -2.13. The first kappa shape index (κ1) is 22.7. The van der Waals surface area contributed by atoms with E-state index in [1.54, 1.807) is 12.1 Å². The Balaban J connectivity index is 1.63. The summed E-state index contributed by atoms with van der Waals surface area (Å²) in [5.74, 6) is 0.131. The summed E-state index contributed by atoms with van der Waals surface area (Å²) in [6.07, 6.45) is 0. The van der Waals surface area contributed by atoms with Crippen molar-refractivity contribution in [3.63, 3.8) is 0 Å². The summed E-state index contributed by atoms with van der Waals surface area (Å²) in [4.78, 5) is 4.20. The van der Waals surface area contributed by atoms with Gasteiger partial charge in [0.2, 0.25) is 0 Å². The van der Waals surface area contributed by atoms with Gasteiger partial charge in [-0.05, 0) is 42.5 Å². The average molecular weight is 555 g/mol. The Morgan fingerprint density at radius 1 is 0.871 bits per heavy atom. The van der Waals surface area contributed by atoms with Crippen LogP contribution in [0.25, 0.3) is 10.2 Å². The number of fused-ring (bicyclic) bond motifs is 1. The van der Waals surface area contributed by atoms with E-state index in [9.17, 15) is 8.42 Å². The van der Waals surface area contributed by atoms with Crippen LogP contribution in [0.15, 0.2) is 53.4 Å². The third-order valence-corrected chi connectivity index (χ3v) is 7.84. The number of para-hydroxylation sites is 1. The van der Waals surface area contributed by atoms with E-state index >= 15 is 0 Å². The molecule has 4 aromatic rings. The van der Waals surface area contributed by atoms with Crippen LogP contribution >= 0.6 is 69.3 Å². The summed E-state index contributed by atoms with van der Waals surface area (Å²) in [5, 5.41) is 1.23. The van der Waals surface area contributed by atoms with Crippen molar-refractivity contribution in [2.45, 2.75) is 4.90 Å². The first-order valence-electron chi connectivity index (χ1n) is 8.34. The lowest BCUT2D eigenvalue weighted by atomic mass is 10.3. The van der Waals surface area contributed by atoms with Gasteiger partial charge in [0.05, 0.1) is 30.5 Å². The van der Waals surface area contributed by atoms with Gasteiger partial charge in [-0.2, -0.15) is 0 Å². The van der Waals surface area contributed by atoms with Crippen molar-refractivity contribution in [3.05, 3.63) is 73.6 Å². The third kappa shape index (κ3) is 4.83. The second-order valence-electron chi connectivity index (χ2n) is 6.12. The number of ether oxygens (including phenoxy) is 1. The molecule has 0 bridgehead atoms. The summed E-state index contributed by atoms with van der Waals surface area (Å²) >= 11 is 31.9. The molecular weight excluding hydrogens is 546 g/mol. The molecule has 0 radical (unpaired) electrons. The predicted molar refractivity (Wildman–Crippen MR) is 128 cm³/mol. The number of hydrogen-bond donors (Lipinski definition) is 1. The second kappa shape index (κ2) is 8.83. The summed E-state index contributed by atoms with van der Waals surface area (Å²) in [6.45, 7) is 0. The van der Waals surface area contributed by atoms with Gasteiger partial charge < -0.3 is 4.74 Å². The number of nitrogens with one attached hydrogen (secondary N) is 1. The summed E-state index contributed by atoms with van der Waals surface area (Å²) in [5.41, 5.74) is 0.723. The Bertz CT molecular complexity index is 1400. The van der Waals surface area contributed by atoms with Gasteiger partial charge in [-0.1, -0.05) is 75.4 Å². The van der Waals surface area contributed by atoms with E-state index in [1.807, 2.05) is 6.07 Å². The van der Waals surface area contributed by atoms with Gasteiger partial charge >= 0.3 is 0 Å². The molecule has 0 atom stereocenters. The standard InChI is InChI=1S/C19H9Cl5N2O3S2/c20-9-4-5-16(12(22)6-9)31(27,28)26-10-7-13(23)18(14(24)8-10)29-19-25-17-11(21)2-1-3-15(17)30-19/h1-8,26H. The zero-order chi connectivity index (χ0) is 22.3. The van der Waals surface area contributed by atoms with Crippen LogP contribution in [0, 0.1) is 0 Å². The molecule has 0 amide bonds. The van der Waals surface area contributed by atoms with Crippen molar-refractivity contribution in [2.24, 2.45) is 0 Å². The zero-order valence-corrected chi connectivity index (χ0v) is 20.4. The largest absolute Gasteiger partial charge is 0.428 e. The fourth-order valence-corrected chi connectivity index (χ4v) is 6.15. The van der Waals surface area contributed by atoms with Crippen LogP contribution in [0.5, 0.6) is 10.9 Å². The van der Waals surface area contributed by atoms with Crippen LogP contribution in [0.4, 0.5) is 5.69 Å². The molecule has 1 heterocycles. The molecule has 4 rings (SSSR count). The molecule has 0 saturated carbocycles. The van der Waals surface area contributed by atoms with Gasteiger partial charge in [-0.25, -0.2) is 13.4 Å². The molecule has 0 aliphatic carbocycles. The number of thiazole rings is 1. The maximum Gasteiger partial charge on any atom is 0.279 e. The first-order valence-corrected chi connectivity index (χ1v) is 12.5. The fraction of sp³-hybridized carbons (Fsp3) is 0. The van der Waals surface area contributed by atoms with E-state index in [-0.39, 0.29) is 36.6 Å². The molecule has 1 N–H and O–H groups in total. The molecule has 160 valence electrons. The molecule has 0 aliphatic rings. The Morgan fingerprint density at radius 3 is 2.23 bits per heavy atom. The predicted octanol–water partition coefficient (Wildman–Crippen LogP) is 8.16. The molecule has 1 aromatic heterocycles. The van der Waals surface area contributed by atoms with E-state index in [0.717, 1.165) is 4.70 Å². The number of aromatic nitrogens is 1. The Kier molecular flexibility index (Phi) is 6.47. The minimum atomic E-state index is -4.01. The molecule has 31 heavy (non-hydrogen) atoms. The minimum absolute atomic E-state index is 0.0216. The SMILES string of the molecule is O=S(=O)(Nc1cc(Cl)c(Oc2nc3c(Cl)cccc3s2)c(Cl)c1)c1ccc(Cl)cc1Cl. The average Bonchev–Trinajstić information content (AvgIpc) is 3.08. The Labute approximate surface area is 206 Å². The van der Waals surface area contributed by atoms with Crippen molar-refractivity contribution < 1.29 is 13.2 Å². The van der Waals surface area contributed by atoms with Gasteiger partial charge in [0.25, 0.3) is 15.2 Å². The van der Waals surface area contributed by atoms with Gasteiger partial charge in [0.1, 0.15) is 10.4 Å². The highest BCUT2D eigenvalue weighted by atomic mass is 35.5. The fourth-order valence-electron chi connectivity index (χ4n) is 2.65. The highest BCUT2D eigenvalue weighted by Crippen LogP contribution is 2.42. The van der Waals surface area contributed by atoms with Crippen molar-refractivity contribution in [1.82, 2.24) is 4.98 Å². The van der Waals surface area contributed by atoms with Crippen molar-refractivity contribution in [1.29, 1.82) is 0 Å². The van der Waals surface area contributed by atoms with Gasteiger partial charge in [-0.3, -0.25) is 4.72 Å². The number of nitrogens with zero attached hydrogens (tertiary/aromatic N) is 1. The van der Waals surface area contributed by atoms with Crippen LogP contribution in [-0.4, -0.2) is 13.4 Å². The van der Waals surface area contributed by atoms with Gasteiger partial charge in [0.15, 0.2) is 5.75 Å². The van der Waals surface area contributed by atoms with E-state index in [1.165, 1.54) is 41.7 Å². The molecule has 0 unspecified atom stereocenters. The topological polar surface area (TPSA) is 68.3 Å². The summed E-state index contributed by atoms with van der Waals surface area (Å²) in [6, 6.07) is 12.2. The molecule has 0 fully saturated rings. The second-order valence-corrected chi connectivity index (χ2v) is 10.8. The van der Waals surface area contributed by atoms with E-state index < -0.39 is 10.0 Å². The Hall–Kier alpha value is -1.45. The highest BCUT2D eigenvalue weighted by Gasteiger charge is 2.21. The first-order chi connectivity index (χ1) is 14.6. The van der Waals surface area contributed by atoms with Crippen LogP contribution < -0.4 is 9.46 Å². The number of rotatable bonds is 5. The molecule has 5 nitrogen and oxygen atoms in total. The Morgan fingerprint density at radius 2 is 1.58 bits per heavy atom. The highest BCUT2D eigenvalue weighted by molar-refractivity contribution is 7.92. The smallest absolute Gasteiger partial charge is 0.279 e. The van der Waals surface area contributed by atoms with Crippen LogP contribution in [0.3, 0.4) is 0 Å². The van der Waals surface area contributed by atoms with Crippen molar-refractivity contribution >= 4 is 95.3 Å². The molecule has 0 saturated heterocycles. The van der Waals surface area contributed by atoms with Gasteiger partial charge in [0, 0.05) is 5.02 Å². The van der Waals surface area contributed by atoms with Gasteiger partial charge in [-0.15, -0.1) is 0 Å². The van der Waals surface area contributed by atoms with E-state index in [4.69, 9.17) is 62.7 Å². The molecule has 3 aromatic carbocycles. The number of benzene rings is 3. The van der Waals surface area contributed by atoms with E-state index in [2.05, 4.69) is 9.71 Å². The van der Waals surface area contributed by atoms with Crippen LogP contribution in [0.2, 0.25) is 25.1 Å². The molecule has 0 spiro atoms. The molecule has 12 heteroatoms. The quantitative estimate of drug-likeness (QED) is 0.270. The van der Waals surface area contributed by atoms with Crippen molar-refractivity contribution in [3.8, 4) is 10.9 Å². The lowest BCUT2D eigenvalue weighted by Crippen LogP contribution is -2.13. The van der Waals surface area contributed by atoms with Crippen LogP contribution in [-0.2, 0) is 10.0 Å². The minimum Gasteiger partial charge on any atom is -0.428 e. The normalized spacial score (nSPS) is 11.6. The van der Waals surface area contributed by atoms with Crippen LogP contribution in [0.1, 0.15) is 0 Å². The summed E-state index contributed by atoms with van der Waals surface area (Å²) < 4.78 is 34.3. The number of halogens is 5. The maximum absolute atomic E-state index is 12.7. The third-order valence-electron chi connectivity index (χ3n) is 3.97. The number of hydrogen-bond acceptors (Lipinski definition) is 5. The number of anilines is 1. The maximum atomic E-state index is 12.7. The monoisotopic (exact) mass is 552 g/mol. The summed E-state index contributed by atoms with van der Waals surface area (Å²) in [7, 11) is -4.01. The number of sulfonamides is 1. The van der Waals surface area contributed by atoms with Crippen molar-refractivity contribution in [2.75, 3.05) is 4.72 Å².